The van der Waals surface area contributed by atoms with E-state index in [1.807, 2.05) is 24.3 Å². The van der Waals surface area contributed by atoms with Gasteiger partial charge in [0.25, 0.3) is 5.91 Å². The molecule has 23 heavy (non-hydrogen) atoms. The van der Waals surface area contributed by atoms with E-state index >= 15 is 0 Å². The zero-order valence-corrected chi connectivity index (χ0v) is 14.0. The standard InChI is InChI=1S/C17H16BrNO4/c1-23-17(22)15(9-11-4-2-6-13(18)8-11)19-16(21)12-5-3-7-14(20)10-12/h2-8,10,15,20H,9H2,1H3,(H,19,21)/t15-/m0/s1. The van der Waals surface area contributed by atoms with E-state index < -0.39 is 17.9 Å². The Bertz CT molecular complexity index is 717. The molecule has 0 spiro atoms. The van der Waals surface area contributed by atoms with Crippen molar-refractivity contribution < 1.29 is 19.4 Å². The highest BCUT2D eigenvalue weighted by Crippen LogP contribution is 2.15. The van der Waals surface area contributed by atoms with Gasteiger partial charge in [0.2, 0.25) is 0 Å². The van der Waals surface area contributed by atoms with Crippen LogP contribution in [0.3, 0.4) is 0 Å². The molecule has 0 saturated heterocycles. The maximum Gasteiger partial charge on any atom is 0.328 e. The third-order valence-electron chi connectivity index (χ3n) is 3.23. The highest BCUT2D eigenvalue weighted by Gasteiger charge is 2.22. The lowest BCUT2D eigenvalue weighted by Crippen LogP contribution is -2.43. The molecule has 0 aromatic heterocycles. The number of phenolic OH excluding ortho intramolecular Hbond substituents is 1. The molecule has 5 nitrogen and oxygen atoms in total. The van der Waals surface area contributed by atoms with Gasteiger partial charge < -0.3 is 15.2 Å². The minimum absolute atomic E-state index is 0.0146. The lowest BCUT2D eigenvalue weighted by Gasteiger charge is -2.17. The van der Waals surface area contributed by atoms with Crippen molar-refractivity contribution in [2.45, 2.75) is 12.5 Å². The van der Waals surface area contributed by atoms with Crippen molar-refractivity contribution in [1.29, 1.82) is 0 Å². The number of amides is 1. The van der Waals surface area contributed by atoms with Crippen LogP contribution in [0.4, 0.5) is 0 Å². The molecule has 2 rings (SSSR count). The molecule has 2 aromatic carbocycles. The average molecular weight is 378 g/mol. The van der Waals surface area contributed by atoms with Crippen LogP contribution in [-0.4, -0.2) is 30.1 Å². The SMILES string of the molecule is COC(=O)[C@H](Cc1cccc(Br)c1)NC(=O)c1cccc(O)c1. The highest BCUT2D eigenvalue weighted by molar-refractivity contribution is 9.10. The molecule has 2 N–H and O–H groups in total. The Morgan fingerprint density at radius 3 is 2.61 bits per heavy atom. The zero-order chi connectivity index (χ0) is 16.8. The normalized spacial score (nSPS) is 11.6. The fraction of sp³-hybridized carbons (Fsp3) is 0.176. The molecule has 120 valence electrons. The van der Waals surface area contributed by atoms with Crippen molar-refractivity contribution in [3.05, 3.63) is 64.1 Å². The summed E-state index contributed by atoms with van der Waals surface area (Å²) in [5.41, 5.74) is 1.15. The minimum atomic E-state index is -0.816. The molecule has 0 radical (unpaired) electrons. The average Bonchev–Trinajstić information content (AvgIpc) is 2.53. The molecule has 6 heteroatoms. The molecule has 0 unspecified atom stereocenters. The van der Waals surface area contributed by atoms with E-state index in [4.69, 9.17) is 4.74 Å². The number of phenols is 1. The molecule has 0 heterocycles. The van der Waals surface area contributed by atoms with E-state index in [1.54, 1.807) is 12.1 Å². The Labute approximate surface area is 142 Å². The van der Waals surface area contributed by atoms with Gasteiger partial charge in [0, 0.05) is 16.5 Å². The zero-order valence-electron chi connectivity index (χ0n) is 12.5. The summed E-state index contributed by atoms with van der Waals surface area (Å²) in [6.45, 7) is 0. The predicted molar refractivity (Wildman–Crippen MR) is 89.2 cm³/mol. The smallest absolute Gasteiger partial charge is 0.328 e. The first-order valence-corrected chi connectivity index (χ1v) is 7.71. The van der Waals surface area contributed by atoms with Crippen LogP contribution < -0.4 is 5.32 Å². The van der Waals surface area contributed by atoms with Crippen LogP contribution in [0.25, 0.3) is 0 Å². The van der Waals surface area contributed by atoms with Gasteiger partial charge in [-0.1, -0.05) is 34.1 Å². The van der Waals surface area contributed by atoms with Gasteiger partial charge in [-0.25, -0.2) is 4.79 Å². The van der Waals surface area contributed by atoms with Crippen LogP contribution >= 0.6 is 15.9 Å². The van der Waals surface area contributed by atoms with Crippen molar-refractivity contribution in [3.8, 4) is 5.75 Å². The number of benzene rings is 2. The van der Waals surface area contributed by atoms with Gasteiger partial charge in [-0.05, 0) is 35.9 Å². The number of halogens is 1. The van der Waals surface area contributed by atoms with E-state index in [2.05, 4.69) is 21.2 Å². The Morgan fingerprint density at radius 2 is 1.96 bits per heavy atom. The fourth-order valence-electron chi connectivity index (χ4n) is 2.12. The van der Waals surface area contributed by atoms with Crippen LogP contribution in [0, 0.1) is 0 Å². The van der Waals surface area contributed by atoms with Gasteiger partial charge >= 0.3 is 5.97 Å². The number of nitrogens with one attached hydrogen (secondary N) is 1. The molecule has 0 bridgehead atoms. The molecule has 0 saturated carbocycles. The molecule has 1 amide bonds. The molecular formula is C17H16BrNO4. The van der Waals surface area contributed by atoms with Gasteiger partial charge in [0.05, 0.1) is 7.11 Å². The van der Waals surface area contributed by atoms with Crippen molar-refractivity contribution in [1.82, 2.24) is 5.32 Å². The van der Waals surface area contributed by atoms with Crippen LogP contribution in [-0.2, 0) is 16.0 Å². The summed E-state index contributed by atoms with van der Waals surface area (Å²) in [6, 6.07) is 12.6. The summed E-state index contributed by atoms with van der Waals surface area (Å²) in [4.78, 5) is 24.2. The molecule has 2 aromatic rings. The van der Waals surface area contributed by atoms with Crippen molar-refractivity contribution in [2.75, 3.05) is 7.11 Å². The minimum Gasteiger partial charge on any atom is -0.508 e. The Hall–Kier alpha value is -2.34. The number of esters is 1. The molecule has 0 aliphatic heterocycles. The summed E-state index contributed by atoms with van der Waals surface area (Å²) in [7, 11) is 1.27. The van der Waals surface area contributed by atoms with E-state index in [-0.39, 0.29) is 11.3 Å². The number of methoxy groups -OCH3 is 1. The van der Waals surface area contributed by atoms with Gasteiger partial charge in [-0.2, -0.15) is 0 Å². The first kappa shape index (κ1) is 17.0. The fourth-order valence-corrected chi connectivity index (χ4v) is 2.57. The molecular weight excluding hydrogens is 362 g/mol. The van der Waals surface area contributed by atoms with E-state index in [0.29, 0.717) is 6.42 Å². The van der Waals surface area contributed by atoms with E-state index in [1.165, 1.54) is 19.2 Å². The van der Waals surface area contributed by atoms with Crippen molar-refractivity contribution >= 4 is 27.8 Å². The topological polar surface area (TPSA) is 75.6 Å². The van der Waals surface area contributed by atoms with Gasteiger partial charge in [-0.15, -0.1) is 0 Å². The summed E-state index contributed by atoms with van der Waals surface area (Å²) in [6.07, 6.45) is 0.302. The Morgan fingerprint density at radius 1 is 1.22 bits per heavy atom. The largest absolute Gasteiger partial charge is 0.508 e. The summed E-state index contributed by atoms with van der Waals surface area (Å²) in [5.74, 6) is -0.996. The quantitative estimate of drug-likeness (QED) is 0.785. The monoisotopic (exact) mass is 377 g/mol. The highest BCUT2D eigenvalue weighted by atomic mass is 79.9. The third-order valence-corrected chi connectivity index (χ3v) is 3.72. The first-order chi connectivity index (χ1) is 11.0. The number of rotatable bonds is 5. The molecule has 0 aliphatic carbocycles. The summed E-state index contributed by atoms with van der Waals surface area (Å²) < 4.78 is 5.65. The maximum absolute atomic E-state index is 12.2. The molecule has 0 fully saturated rings. The summed E-state index contributed by atoms with van der Waals surface area (Å²) >= 11 is 3.37. The maximum atomic E-state index is 12.2. The lowest BCUT2D eigenvalue weighted by molar-refractivity contribution is -0.142. The van der Waals surface area contributed by atoms with Crippen LogP contribution in [0.1, 0.15) is 15.9 Å². The van der Waals surface area contributed by atoms with Crippen LogP contribution in [0.15, 0.2) is 53.0 Å². The molecule has 0 aliphatic rings. The van der Waals surface area contributed by atoms with E-state index in [0.717, 1.165) is 10.0 Å². The van der Waals surface area contributed by atoms with Gasteiger partial charge in [0.15, 0.2) is 0 Å². The Kier molecular flexibility index (Phi) is 5.76. The number of hydrogen-bond donors (Lipinski definition) is 2. The van der Waals surface area contributed by atoms with Crippen molar-refractivity contribution in [3.63, 3.8) is 0 Å². The number of ether oxygens (including phenoxy) is 1. The number of hydrogen-bond acceptors (Lipinski definition) is 4. The van der Waals surface area contributed by atoms with Gasteiger partial charge in [-0.3, -0.25) is 4.79 Å². The van der Waals surface area contributed by atoms with E-state index in [9.17, 15) is 14.7 Å². The second-order valence-corrected chi connectivity index (χ2v) is 5.85. The van der Waals surface area contributed by atoms with Crippen molar-refractivity contribution in [2.24, 2.45) is 0 Å². The third kappa shape index (κ3) is 4.82. The number of aromatic hydroxyl groups is 1. The van der Waals surface area contributed by atoms with Crippen LogP contribution in [0.2, 0.25) is 0 Å². The predicted octanol–water partition coefficient (Wildman–Crippen LogP) is 2.67. The second-order valence-electron chi connectivity index (χ2n) is 4.93. The molecule has 1 atom stereocenters. The Balaban J connectivity index is 2.15. The van der Waals surface area contributed by atoms with Gasteiger partial charge in [0.1, 0.15) is 11.8 Å². The summed E-state index contributed by atoms with van der Waals surface area (Å²) in [5, 5.41) is 12.1. The second kappa shape index (κ2) is 7.78. The van der Waals surface area contributed by atoms with Crippen LogP contribution in [0.5, 0.6) is 5.75 Å². The number of carbonyl (C=O) groups is 2. The number of carbonyl (C=O) groups excluding carboxylic acids is 2. The first-order valence-electron chi connectivity index (χ1n) is 6.92. The lowest BCUT2D eigenvalue weighted by atomic mass is 10.1.